The number of carbonyl (C=O) groups excluding carboxylic acids is 2. The summed E-state index contributed by atoms with van der Waals surface area (Å²) in [5.74, 6) is 0.00881. The first-order valence-electron chi connectivity index (χ1n) is 7.70. The van der Waals surface area contributed by atoms with Crippen LogP contribution >= 0.6 is 0 Å². The van der Waals surface area contributed by atoms with Gasteiger partial charge in [-0.25, -0.2) is 4.79 Å². The van der Waals surface area contributed by atoms with Gasteiger partial charge < -0.3 is 19.8 Å². The van der Waals surface area contributed by atoms with E-state index in [0.29, 0.717) is 29.7 Å². The van der Waals surface area contributed by atoms with Gasteiger partial charge in [0.1, 0.15) is 0 Å². The van der Waals surface area contributed by atoms with E-state index in [2.05, 4.69) is 9.97 Å². The molecule has 3 rings (SSSR count). The molecule has 0 atom stereocenters. The predicted molar refractivity (Wildman–Crippen MR) is 86.3 cm³/mol. The van der Waals surface area contributed by atoms with Gasteiger partial charge in [0.2, 0.25) is 5.91 Å². The van der Waals surface area contributed by atoms with Gasteiger partial charge >= 0.3 is 5.69 Å². The summed E-state index contributed by atoms with van der Waals surface area (Å²) in [6.45, 7) is 2.94. The highest BCUT2D eigenvalue weighted by atomic mass is 16.2. The van der Waals surface area contributed by atoms with Gasteiger partial charge in [0.15, 0.2) is 0 Å². The van der Waals surface area contributed by atoms with Crippen LogP contribution in [0.1, 0.15) is 30.1 Å². The maximum atomic E-state index is 12.7. The number of likely N-dealkylation sites (tertiary alicyclic amines) is 1. The average Bonchev–Trinajstić information content (AvgIpc) is 2.92. The Morgan fingerprint density at radius 3 is 2.48 bits per heavy atom. The third-order valence-electron chi connectivity index (χ3n) is 4.54. The molecule has 1 fully saturated rings. The number of piperidine rings is 1. The third kappa shape index (κ3) is 2.99. The highest BCUT2D eigenvalue weighted by molar-refractivity contribution is 5.97. The lowest BCUT2D eigenvalue weighted by atomic mass is 10.0. The topological polar surface area (TPSA) is 89.3 Å². The molecule has 0 bridgehead atoms. The zero-order valence-electron chi connectivity index (χ0n) is 13.3. The smallest absolute Gasteiger partial charge is 0.323 e. The molecule has 2 amide bonds. The normalized spacial score (nSPS) is 15.8. The molecule has 122 valence electrons. The van der Waals surface area contributed by atoms with Crippen molar-refractivity contribution in [3.8, 4) is 0 Å². The predicted octanol–water partition coefficient (Wildman–Crippen LogP) is 0.939. The van der Waals surface area contributed by atoms with E-state index >= 15 is 0 Å². The van der Waals surface area contributed by atoms with Gasteiger partial charge in [0.25, 0.3) is 5.91 Å². The molecular formula is C16H20N4O3. The van der Waals surface area contributed by atoms with E-state index in [1.807, 2.05) is 4.90 Å². The van der Waals surface area contributed by atoms with Crippen LogP contribution in [-0.4, -0.2) is 57.8 Å². The number of H-pyrrole nitrogens is 2. The number of imidazole rings is 1. The SMILES string of the molecule is CC(=O)N1CCC(N(C)C(=O)c2ccc3[nH]c(=O)[nH]c3c2)CC1. The Bertz CT molecular complexity index is 799. The van der Waals surface area contributed by atoms with E-state index in [1.165, 1.54) is 0 Å². The van der Waals surface area contributed by atoms with Crippen molar-refractivity contribution in [3.63, 3.8) is 0 Å². The van der Waals surface area contributed by atoms with E-state index in [-0.39, 0.29) is 23.5 Å². The fourth-order valence-electron chi connectivity index (χ4n) is 3.10. The van der Waals surface area contributed by atoms with Gasteiger partial charge in [-0.3, -0.25) is 9.59 Å². The second-order valence-electron chi connectivity index (χ2n) is 5.99. The lowest BCUT2D eigenvalue weighted by molar-refractivity contribution is -0.130. The molecule has 7 nitrogen and oxygen atoms in total. The number of amides is 2. The molecule has 23 heavy (non-hydrogen) atoms. The summed E-state index contributed by atoms with van der Waals surface area (Å²) < 4.78 is 0. The Hall–Kier alpha value is -2.57. The molecule has 2 heterocycles. The van der Waals surface area contributed by atoms with Crippen LogP contribution in [0.5, 0.6) is 0 Å². The zero-order chi connectivity index (χ0) is 16.6. The number of hydrogen-bond donors (Lipinski definition) is 2. The van der Waals surface area contributed by atoms with E-state index in [9.17, 15) is 14.4 Å². The monoisotopic (exact) mass is 316 g/mol. The molecule has 0 unspecified atom stereocenters. The molecule has 0 spiro atoms. The van der Waals surface area contributed by atoms with Crippen molar-refractivity contribution in [3.05, 3.63) is 34.2 Å². The van der Waals surface area contributed by atoms with Crippen LogP contribution < -0.4 is 5.69 Å². The molecule has 1 saturated heterocycles. The first kappa shape index (κ1) is 15.3. The lowest BCUT2D eigenvalue weighted by Crippen LogP contribution is -2.46. The van der Waals surface area contributed by atoms with Crippen molar-refractivity contribution in [2.45, 2.75) is 25.8 Å². The second-order valence-corrected chi connectivity index (χ2v) is 5.99. The van der Waals surface area contributed by atoms with Crippen molar-refractivity contribution >= 4 is 22.8 Å². The first-order valence-corrected chi connectivity index (χ1v) is 7.70. The molecule has 2 N–H and O–H groups in total. The number of rotatable bonds is 2. The summed E-state index contributed by atoms with van der Waals surface area (Å²) in [5.41, 5.74) is 1.57. The number of aromatic nitrogens is 2. The molecule has 0 radical (unpaired) electrons. The standard InChI is InChI=1S/C16H20N4O3/c1-10(21)20-7-5-12(6-8-20)19(2)15(22)11-3-4-13-14(9-11)18-16(23)17-13/h3-4,9,12H,5-8H2,1-2H3,(H2,17,18,23). The van der Waals surface area contributed by atoms with Crippen LogP contribution in [0.2, 0.25) is 0 Å². The van der Waals surface area contributed by atoms with Crippen molar-refractivity contribution in [1.29, 1.82) is 0 Å². The van der Waals surface area contributed by atoms with Crippen LogP contribution in [0.25, 0.3) is 11.0 Å². The highest BCUT2D eigenvalue weighted by Gasteiger charge is 2.27. The van der Waals surface area contributed by atoms with Gasteiger partial charge in [-0.2, -0.15) is 0 Å². The summed E-state index contributed by atoms with van der Waals surface area (Å²) >= 11 is 0. The summed E-state index contributed by atoms with van der Waals surface area (Å²) in [6.07, 6.45) is 1.57. The number of fused-ring (bicyclic) bond motifs is 1. The number of benzene rings is 1. The summed E-state index contributed by atoms with van der Waals surface area (Å²) in [4.78, 5) is 44.2. The minimum absolute atomic E-state index is 0.0739. The zero-order valence-corrected chi connectivity index (χ0v) is 13.3. The molecule has 1 aromatic carbocycles. The highest BCUT2D eigenvalue weighted by Crippen LogP contribution is 2.19. The molecular weight excluding hydrogens is 296 g/mol. The number of hydrogen-bond acceptors (Lipinski definition) is 3. The van der Waals surface area contributed by atoms with E-state index in [1.54, 1.807) is 37.1 Å². The van der Waals surface area contributed by atoms with Gasteiger partial charge in [-0.1, -0.05) is 0 Å². The summed E-state index contributed by atoms with van der Waals surface area (Å²) in [5, 5.41) is 0. The fourth-order valence-corrected chi connectivity index (χ4v) is 3.10. The Morgan fingerprint density at radius 1 is 1.17 bits per heavy atom. The van der Waals surface area contributed by atoms with E-state index in [0.717, 1.165) is 12.8 Å². The molecule has 0 saturated carbocycles. The molecule has 1 aliphatic rings. The van der Waals surface area contributed by atoms with Crippen molar-refractivity contribution in [2.75, 3.05) is 20.1 Å². The van der Waals surface area contributed by atoms with E-state index < -0.39 is 0 Å². The van der Waals surface area contributed by atoms with Crippen LogP contribution in [0.4, 0.5) is 0 Å². The number of aromatic amines is 2. The van der Waals surface area contributed by atoms with Gasteiger partial charge in [-0.05, 0) is 31.0 Å². The van der Waals surface area contributed by atoms with Crippen LogP contribution in [0.15, 0.2) is 23.0 Å². The molecule has 2 aromatic rings. The second kappa shape index (κ2) is 5.91. The number of nitrogens with zero attached hydrogens (tertiary/aromatic N) is 2. The Labute approximate surface area is 133 Å². The summed E-state index contributed by atoms with van der Waals surface area (Å²) in [6, 6.07) is 5.26. The first-order chi connectivity index (χ1) is 11.0. The largest absolute Gasteiger partial charge is 0.343 e. The van der Waals surface area contributed by atoms with Crippen LogP contribution in [0.3, 0.4) is 0 Å². The minimum atomic E-state index is -0.283. The van der Waals surface area contributed by atoms with Crippen molar-refractivity contribution < 1.29 is 9.59 Å². The van der Waals surface area contributed by atoms with Crippen molar-refractivity contribution in [1.82, 2.24) is 19.8 Å². The molecule has 1 aromatic heterocycles. The maximum absolute atomic E-state index is 12.7. The quantitative estimate of drug-likeness (QED) is 0.864. The average molecular weight is 316 g/mol. The number of carbonyl (C=O) groups is 2. The maximum Gasteiger partial charge on any atom is 0.323 e. The number of nitrogens with one attached hydrogen (secondary N) is 2. The Morgan fingerprint density at radius 2 is 1.83 bits per heavy atom. The van der Waals surface area contributed by atoms with Crippen LogP contribution in [-0.2, 0) is 4.79 Å². The lowest BCUT2D eigenvalue weighted by Gasteiger charge is -2.36. The van der Waals surface area contributed by atoms with Gasteiger partial charge in [0.05, 0.1) is 11.0 Å². The molecule has 0 aliphatic carbocycles. The Kier molecular flexibility index (Phi) is 3.94. The van der Waals surface area contributed by atoms with Gasteiger partial charge in [-0.15, -0.1) is 0 Å². The van der Waals surface area contributed by atoms with E-state index in [4.69, 9.17) is 0 Å². The Balaban J connectivity index is 1.73. The van der Waals surface area contributed by atoms with Crippen LogP contribution in [0, 0.1) is 0 Å². The van der Waals surface area contributed by atoms with Gasteiger partial charge in [0, 0.05) is 38.7 Å². The summed E-state index contributed by atoms with van der Waals surface area (Å²) in [7, 11) is 1.79. The third-order valence-corrected chi connectivity index (χ3v) is 4.54. The molecule has 1 aliphatic heterocycles. The molecule has 7 heteroatoms. The van der Waals surface area contributed by atoms with Crippen molar-refractivity contribution in [2.24, 2.45) is 0 Å². The fraction of sp³-hybridized carbons (Fsp3) is 0.438. The minimum Gasteiger partial charge on any atom is -0.343 e.